The van der Waals surface area contributed by atoms with E-state index in [1.54, 1.807) is 30.8 Å². The zero-order valence-corrected chi connectivity index (χ0v) is 15.7. The molecule has 0 unspecified atom stereocenters. The average Bonchev–Trinajstić information content (AvgIpc) is 3.46. The number of benzene rings is 1. The first-order valence-corrected chi connectivity index (χ1v) is 8.99. The molecule has 4 heterocycles. The highest BCUT2D eigenvalue weighted by molar-refractivity contribution is 6.21. The van der Waals surface area contributed by atoms with E-state index >= 15 is 0 Å². The Labute approximate surface area is 169 Å². The number of nitrogens with one attached hydrogen (secondary N) is 2. The third-order valence-electron chi connectivity index (χ3n) is 4.71. The van der Waals surface area contributed by atoms with E-state index in [-0.39, 0.29) is 23.0 Å². The lowest BCUT2D eigenvalue weighted by Crippen LogP contribution is -2.03. The summed E-state index contributed by atoms with van der Waals surface area (Å²) < 4.78 is 10.6. The van der Waals surface area contributed by atoms with Gasteiger partial charge in [0.05, 0.1) is 18.8 Å². The van der Waals surface area contributed by atoms with Crippen LogP contribution in [0.15, 0.2) is 52.1 Å². The Kier molecular flexibility index (Phi) is 4.06. The first-order valence-electron chi connectivity index (χ1n) is 8.99. The van der Waals surface area contributed by atoms with Gasteiger partial charge in [-0.3, -0.25) is 5.10 Å². The predicted octanol–water partition coefficient (Wildman–Crippen LogP) is 4.04. The van der Waals surface area contributed by atoms with Crippen LogP contribution in [0.4, 0.5) is 17.4 Å². The standard InChI is InChI=1S/C21H15N5O4/c1-29-21(28)17-18(27)16(7-12-9-23-19-14(12)3-2-6-22-19)30-20(17)25-13-5-4-11-10-24-26-15(11)8-13/h2-10,25,27H,1H3,(H,24,26)/b12-7+. The number of pyridine rings is 1. The molecule has 0 aliphatic carbocycles. The van der Waals surface area contributed by atoms with Crippen LogP contribution >= 0.6 is 0 Å². The van der Waals surface area contributed by atoms with E-state index in [1.807, 2.05) is 24.3 Å². The molecule has 30 heavy (non-hydrogen) atoms. The minimum Gasteiger partial charge on any atom is -0.504 e. The number of hydrogen-bond donors (Lipinski definition) is 3. The molecule has 4 aromatic rings. The molecular weight excluding hydrogens is 386 g/mol. The van der Waals surface area contributed by atoms with Crippen molar-refractivity contribution < 1.29 is 19.1 Å². The first-order chi connectivity index (χ1) is 14.6. The second kappa shape index (κ2) is 6.89. The SMILES string of the molecule is COC(=O)c1c(Nc2ccc3cn[nH]c3c2)oc(/C=C2\C=Nc3ncccc32)c1O. The molecule has 3 aromatic heterocycles. The largest absolute Gasteiger partial charge is 0.504 e. The maximum atomic E-state index is 12.3. The molecule has 1 aliphatic heterocycles. The number of aromatic amines is 1. The van der Waals surface area contributed by atoms with Crippen LogP contribution in [0.25, 0.3) is 22.6 Å². The molecule has 0 saturated carbocycles. The van der Waals surface area contributed by atoms with E-state index in [2.05, 4.69) is 25.5 Å². The molecule has 9 heteroatoms. The number of nitrogens with zero attached hydrogens (tertiary/aromatic N) is 3. The predicted molar refractivity (Wildman–Crippen MR) is 111 cm³/mol. The van der Waals surface area contributed by atoms with Gasteiger partial charge in [0.2, 0.25) is 5.88 Å². The lowest BCUT2D eigenvalue weighted by molar-refractivity contribution is 0.0598. The average molecular weight is 401 g/mol. The van der Waals surface area contributed by atoms with Crippen molar-refractivity contribution in [2.24, 2.45) is 4.99 Å². The van der Waals surface area contributed by atoms with Crippen molar-refractivity contribution in [2.75, 3.05) is 12.4 Å². The van der Waals surface area contributed by atoms with Crippen molar-refractivity contribution in [1.29, 1.82) is 0 Å². The summed E-state index contributed by atoms with van der Waals surface area (Å²) in [4.78, 5) is 20.7. The maximum Gasteiger partial charge on any atom is 0.347 e. The van der Waals surface area contributed by atoms with Gasteiger partial charge in [0.25, 0.3) is 0 Å². The smallest absolute Gasteiger partial charge is 0.347 e. The Hall–Kier alpha value is -4.40. The fourth-order valence-electron chi connectivity index (χ4n) is 3.24. The van der Waals surface area contributed by atoms with Gasteiger partial charge in [-0.1, -0.05) is 0 Å². The third kappa shape index (κ3) is 2.89. The minimum atomic E-state index is -0.729. The van der Waals surface area contributed by atoms with Crippen molar-refractivity contribution in [1.82, 2.24) is 15.2 Å². The van der Waals surface area contributed by atoms with Gasteiger partial charge >= 0.3 is 5.97 Å². The van der Waals surface area contributed by atoms with Crippen molar-refractivity contribution in [3.8, 4) is 5.75 Å². The van der Waals surface area contributed by atoms with Crippen LogP contribution < -0.4 is 5.32 Å². The number of aliphatic imine (C=N–C) groups is 1. The number of anilines is 2. The molecule has 0 amide bonds. The Bertz CT molecular complexity index is 1350. The number of H-pyrrole nitrogens is 1. The number of furan rings is 1. The Morgan fingerprint density at radius 1 is 1.33 bits per heavy atom. The minimum absolute atomic E-state index is 0.0615. The molecule has 3 N–H and O–H groups in total. The molecule has 0 atom stereocenters. The Morgan fingerprint density at radius 3 is 3.10 bits per heavy atom. The zero-order chi connectivity index (χ0) is 20.7. The molecule has 0 radical (unpaired) electrons. The third-order valence-corrected chi connectivity index (χ3v) is 4.71. The molecular formula is C21H15N5O4. The van der Waals surface area contributed by atoms with E-state index in [9.17, 15) is 9.90 Å². The maximum absolute atomic E-state index is 12.3. The molecule has 0 bridgehead atoms. The molecule has 9 nitrogen and oxygen atoms in total. The van der Waals surface area contributed by atoms with Gasteiger partial charge in [0.1, 0.15) is 0 Å². The van der Waals surface area contributed by atoms with Gasteiger partial charge in [-0.25, -0.2) is 14.8 Å². The van der Waals surface area contributed by atoms with Gasteiger partial charge in [-0.15, -0.1) is 0 Å². The highest BCUT2D eigenvalue weighted by atomic mass is 16.5. The lowest BCUT2D eigenvalue weighted by Gasteiger charge is -2.05. The summed E-state index contributed by atoms with van der Waals surface area (Å²) in [5.74, 6) is -0.322. The van der Waals surface area contributed by atoms with E-state index in [4.69, 9.17) is 9.15 Å². The first kappa shape index (κ1) is 17.7. The zero-order valence-electron chi connectivity index (χ0n) is 15.7. The topological polar surface area (TPSA) is 126 Å². The van der Waals surface area contributed by atoms with Crippen molar-refractivity contribution in [3.63, 3.8) is 0 Å². The van der Waals surface area contributed by atoms with Crippen LogP contribution in [0.5, 0.6) is 5.75 Å². The van der Waals surface area contributed by atoms with Crippen LogP contribution in [0, 0.1) is 0 Å². The highest BCUT2D eigenvalue weighted by Crippen LogP contribution is 2.39. The number of methoxy groups -OCH3 is 1. The van der Waals surface area contributed by atoms with E-state index in [0.29, 0.717) is 17.1 Å². The summed E-state index contributed by atoms with van der Waals surface area (Å²) in [7, 11) is 1.24. The van der Waals surface area contributed by atoms with Crippen molar-refractivity contribution in [3.05, 3.63) is 59.6 Å². The van der Waals surface area contributed by atoms with Gasteiger partial charge in [-0.05, 0) is 36.4 Å². The normalized spacial score (nSPS) is 13.7. The second-order valence-corrected chi connectivity index (χ2v) is 6.54. The summed E-state index contributed by atoms with van der Waals surface area (Å²) in [5, 5.41) is 21.5. The van der Waals surface area contributed by atoms with E-state index in [1.165, 1.54) is 7.11 Å². The van der Waals surface area contributed by atoms with Gasteiger partial charge in [0, 0.05) is 34.6 Å². The molecule has 148 valence electrons. The number of esters is 1. The molecule has 1 aliphatic rings. The summed E-state index contributed by atoms with van der Waals surface area (Å²) >= 11 is 0. The van der Waals surface area contributed by atoms with E-state index in [0.717, 1.165) is 16.5 Å². The fourth-order valence-corrected chi connectivity index (χ4v) is 3.24. The molecule has 0 saturated heterocycles. The number of carbonyl (C=O) groups excluding carboxylic acids is 1. The van der Waals surface area contributed by atoms with E-state index < -0.39 is 5.97 Å². The van der Waals surface area contributed by atoms with Gasteiger partial charge in [0.15, 0.2) is 22.9 Å². The fraction of sp³-hybridized carbons (Fsp3) is 0.0476. The molecule has 0 spiro atoms. The molecule has 0 fully saturated rings. The number of hydrogen-bond acceptors (Lipinski definition) is 8. The van der Waals surface area contributed by atoms with Gasteiger partial charge in [-0.2, -0.15) is 5.10 Å². The monoisotopic (exact) mass is 401 g/mol. The summed E-state index contributed by atoms with van der Waals surface area (Å²) in [6.45, 7) is 0. The number of allylic oxidation sites excluding steroid dienone is 1. The van der Waals surface area contributed by atoms with Crippen molar-refractivity contribution >= 4 is 52.1 Å². The number of fused-ring (bicyclic) bond motifs is 2. The lowest BCUT2D eigenvalue weighted by atomic mass is 10.1. The number of rotatable bonds is 4. The van der Waals surface area contributed by atoms with Crippen LogP contribution in [0.2, 0.25) is 0 Å². The highest BCUT2D eigenvalue weighted by Gasteiger charge is 2.27. The number of carbonyl (C=O) groups is 1. The van der Waals surface area contributed by atoms with Crippen LogP contribution in [0.1, 0.15) is 21.7 Å². The molecule has 1 aromatic carbocycles. The van der Waals surface area contributed by atoms with Crippen LogP contribution in [-0.2, 0) is 4.74 Å². The summed E-state index contributed by atoms with van der Waals surface area (Å²) in [5.41, 5.74) is 2.84. The Balaban J connectivity index is 1.57. The second-order valence-electron chi connectivity index (χ2n) is 6.54. The van der Waals surface area contributed by atoms with Crippen molar-refractivity contribution in [2.45, 2.75) is 0 Å². The quantitative estimate of drug-likeness (QED) is 0.441. The number of aromatic hydroxyl groups is 1. The van der Waals surface area contributed by atoms with Gasteiger partial charge < -0.3 is 19.6 Å². The van der Waals surface area contributed by atoms with Crippen LogP contribution in [-0.4, -0.2) is 39.6 Å². The van der Waals surface area contributed by atoms with Crippen LogP contribution in [0.3, 0.4) is 0 Å². The number of ether oxygens (including phenoxy) is 1. The number of aromatic nitrogens is 3. The summed E-state index contributed by atoms with van der Waals surface area (Å²) in [6.07, 6.45) is 6.58. The molecule has 5 rings (SSSR count). The Morgan fingerprint density at radius 2 is 2.23 bits per heavy atom. The summed E-state index contributed by atoms with van der Waals surface area (Å²) in [6, 6.07) is 9.14.